The maximum Gasteiger partial charge on any atom is 0.227 e. The normalized spacial score (nSPS) is 17.3. The largest absolute Gasteiger partial charge is 0.372 e. The van der Waals surface area contributed by atoms with E-state index in [4.69, 9.17) is 4.98 Å². The summed E-state index contributed by atoms with van der Waals surface area (Å²) in [6.45, 7) is 10.9. The Labute approximate surface area is 169 Å². The van der Waals surface area contributed by atoms with E-state index in [1.165, 1.54) is 36.8 Å². The number of benzene rings is 1. The van der Waals surface area contributed by atoms with Crippen molar-refractivity contribution in [2.45, 2.75) is 70.8 Å². The lowest BCUT2D eigenvalue weighted by atomic mass is 9.90. The first-order valence-electron chi connectivity index (χ1n) is 10.6. The predicted octanol–water partition coefficient (Wildman–Crippen LogP) is 5.60. The first kappa shape index (κ1) is 19.0. The summed E-state index contributed by atoms with van der Waals surface area (Å²) < 4.78 is 0. The molecular weight excluding hydrogens is 344 g/mol. The lowest BCUT2D eigenvalue weighted by molar-refractivity contribution is 0.471. The van der Waals surface area contributed by atoms with Crippen molar-refractivity contribution < 1.29 is 0 Å². The van der Waals surface area contributed by atoms with Gasteiger partial charge in [-0.15, -0.1) is 0 Å². The lowest BCUT2D eigenvalue weighted by Gasteiger charge is -2.22. The van der Waals surface area contributed by atoms with Gasteiger partial charge >= 0.3 is 0 Å². The molecule has 4 heteroatoms. The van der Waals surface area contributed by atoms with Gasteiger partial charge in [0.1, 0.15) is 0 Å². The molecule has 0 bridgehead atoms. The second-order valence-electron chi connectivity index (χ2n) is 8.79. The molecule has 0 aliphatic heterocycles. The Morgan fingerprint density at radius 2 is 2.07 bits per heavy atom. The van der Waals surface area contributed by atoms with Crippen LogP contribution in [0.3, 0.4) is 0 Å². The Morgan fingerprint density at radius 1 is 1.32 bits per heavy atom. The highest BCUT2D eigenvalue weighted by atomic mass is 15.2. The van der Waals surface area contributed by atoms with Crippen LogP contribution in [0.4, 0.5) is 11.6 Å². The number of aryl methyl sites for hydroxylation is 2. The summed E-state index contributed by atoms with van der Waals surface area (Å²) >= 11 is 0. The van der Waals surface area contributed by atoms with Gasteiger partial charge in [-0.3, -0.25) is 0 Å². The van der Waals surface area contributed by atoms with Crippen LogP contribution in [0.5, 0.6) is 0 Å². The minimum absolute atomic E-state index is 0.395. The molecule has 1 heterocycles. The molecule has 1 aromatic heterocycles. The van der Waals surface area contributed by atoms with Crippen molar-refractivity contribution >= 4 is 17.3 Å². The second-order valence-corrected chi connectivity index (χ2v) is 8.79. The maximum absolute atomic E-state index is 4.70. The van der Waals surface area contributed by atoms with E-state index in [2.05, 4.69) is 60.9 Å². The Morgan fingerprint density at radius 3 is 2.68 bits per heavy atom. The smallest absolute Gasteiger partial charge is 0.227 e. The Kier molecular flexibility index (Phi) is 4.90. The van der Waals surface area contributed by atoms with Crippen LogP contribution in [0, 0.1) is 6.92 Å². The minimum Gasteiger partial charge on any atom is -0.372 e. The van der Waals surface area contributed by atoms with Crippen LogP contribution in [0.1, 0.15) is 68.3 Å². The molecule has 2 aromatic rings. The molecule has 1 N–H and O–H groups in total. The second kappa shape index (κ2) is 7.23. The number of rotatable bonds is 8. The summed E-state index contributed by atoms with van der Waals surface area (Å²) in [6.07, 6.45) is 9.30. The monoisotopic (exact) mass is 376 g/mol. The first-order chi connectivity index (χ1) is 13.4. The molecule has 1 aromatic carbocycles. The summed E-state index contributed by atoms with van der Waals surface area (Å²) in [5.74, 6) is 0.649. The SMILES string of the molecule is C=C(c1cnc(Nc2ccc(C3(C)CC3)c(CCC)c2)nc1C)N(C)C1CC1. The van der Waals surface area contributed by atoms with E-state index in [9.17, 15) is 0 Å². The molecule has 0 radical (unpaired) electrons. The van der Waals surface area contributed by atoms with Crippen LogP contribution in [-0.2, 0) is 11.8 Å². The van der Waals surface area contributed by atoms with Crippen molar-refractivity contribution in [2.24, 2.45) is 0 Å². The summed E-state index contributed by atoms with van der Waals surface area (Å²) in [4.78, 5) is 11.5. The third kappa shape index (κ3) is 3.78. The van der Waals surface area contributed by atoms with E-state index >= 15 is 0 Å². The third-order valence-corrected chi connectivity index (χ3v) is 6.34. The fourth-order valence-electron chi connectivity index (χ4n) is 4.01. The highest BCUT2D eigenvalue weighted by Gasteiger charge is 2.40. The van der Waals surface area contributed by atoms with Crippen LogP contribution in [0.25, 0.3) is 5.70 Å². The van der Waals surface area contributed by atoms with Gasteiger partial charge in [-0.1, -0.05) is 32.9 Å². The number of aromatic nitrogens is 2. The van der Waals surface area contributed by atoms with Crippen LogP contribution < -0.4 is 5.32 Å². The highest BCUT2D eigenvalue weighted by molar-refractivity contribution is 5.65. The number of nitrogens with one attached hydrogen (secondary N) is 1. The molecule has 0 amide bonds. The molecule has 2 fully saturated rings. The van der Waals surface area contributed by atoms with E-state index in [-0.39, 0.29) is 0 Å². The fraction of sp³-hybridized carbons (Fsp3) is 0.500. The number of hydrogen-bond acceptors (Lipinski definition) is 4. The Balaban J connectivity index is 1.53. The molecule has 2 aliphatic carbocycles. The molecule has 2 saturated carbocycles. The zero-order valence-electron chi connectivity index (χ0n) is 17.7. The van der Waals surface area contributed by atoms with Crippen molar-refractivity contribution in [3.63, 3.8) is 0 Å². The third-order valence-electron chi connectivity index (χ3n) is 6.34. The van der Waals surface area contributed by atoms with Gasteiger partial charge in [0.05, 0.1) is 5.69 Å². The molecule has 4 rings (SSSR count). The van der Waals surface area contributed by atoms with Crippen LogP contribution in [0.2, 0.25) is 0 Å². The molecule has 4 nitrogen and oxygen atoms in total. The molecule has 0 atom stereocenters. The lowest BCUT2D eigenvalue weighted by Crippen LogP contribution is -2.19. The van der Waals surface area contributed by atoms with Crippen molar-refractivity contribution in [3.8, 4) is 0 Å². The average molecular weight is 377 g/mol. The van der Waals surface area contributed by atoms with Gasteiger partial charge in [0, 0.05) is 36.2 Å². The van der Waals surface area contributed by atoms with Crippen molar-refractivity contribution in [3.05, 3.63) is 53.4 Å². The topological polar surface area (TPSA) is 41.1 Å². The first-order valence-corrected chi connectivity index (χ1v) is 10.6. The zero-order valence-corrected chi connectivity index (χ0v) is 17.7. The van der Waals surface area contributed by atoms with Gasteiger partial charge in [0.15, 0.2) is 0 Å². The molecule has 0 unspecified atom stereocenters. The average Bonchev–Trinajstić information content (AvgIpc) is 3.58. The Hall–Kier alpha value is -2.36. The quantitative estimate of drug-likeness (QED) is 0.651. The minimum atomic E-state index is 0.395. The molecule has 0 saturated heterocycles. The zero-order chi connectivity index (χ0) is 19.9. The van der Waals surface area contributed by atoms with E-state index < -0.39 is 0 Å². The van der Waals surface area contributed by atoms with Gasteiger partial charge in [-0.25, -0.2) is 9.97 Å². The standard InChI is InChI=1S/C24H32N4/c1-6-7-18-14-19(8-11-22(18)24(4)12-13-24)27-23-25-15-21(16(2)26-23)17(3)28(5)20-9-10-20/h8,11,14-15,20H,3,6-7,9-10,12-13H2,1-2,4-5H3,(H,25,26,27). The van der Waals surface area contributed by atoms with Crippen molar-refractivity contribution in [1.29, 1.82) is 0 Å². The van der Waals surface area contributed by atoms with E-state index in [1.807, 2.05) is 13.1 Å². The molecule has 0 spiro atoms. The molecule has 28 heavy (non-hydrogen) atoms. The summed E-state index contributed by atoms with van der Waals surface area (Å²) in [6, 6.07) is 7.39. The number of nitrogens with zero attached hydrogens (tertiary/aromatic N) is 3. The number of hydrogen-bond donors (Lipinski definition) is 1. The van der Waals surface area contributed by atoms with Crippen molar-refractivity contribution in [1.82, 2.24) is 14.9 Å². The molecular formula is C24H32N4. The van der Waals surface area contributed by atoms with Crippen LogP contribution >= 0.6 is 0 Å². The number of anilines is 2. The molecule has 2 aliphatic rings. The van der Waals surface area contributed by atoms with Crippen LogP contribution in [0.15, 0.2) is 31.0 Å². The van der Waals surface area contributed by atoms with Gasteiger partial charge < -0.3 is 10.2 Å². The van der Waals surface area contributed by atoms with Gasteiger partial charge in [-0.05, 0) is 67.7 Å². The summed E-state index contributed by atoms with van der Waals surface area (Å²) in [5, 5.41) is 3.41. The molecule has 148 valence electrons. The Bertz CT molecular complexity index is 893. The maximum atomic E-state index is 4.70. The predicted molar refractivity (Wildman–Crippen MR) is 117 cm³/mol. The summed E-state index contributed by atoms with van der Waals surface area (Å²) in [5.41, 5.74) is 7.45. The van der Waals surface area contributed by atoms with Crippen molar-refractivity contribution in [2.75, 3.05) is 12.4 Å². The van der Waals surface area contributed by atoms with Crippen LogP contribution in [-0.4, -0.2) is 28.0 Å². The van der Waals surface area contributed by atoms with E-state index in [1.54, 1.807) is 0 Å². The van der Waals surface area contributed by atoms with Gasteiger partial charge in [-0.2, -0.15) is 0 Å². The highest BCUT2D eigenvalue weighted by Crippen LogP contribution is 2.49. The van der Waals surface area contributed by atoms with E-state index in [0.717, 1.165) is 35.5 Å². The van der Waals surface area contributed by atoms with Gasteiger partial charge in [0.25, 0.3) is 0 Å². The summed E-state index contributed by atoms with van der Waals surface area (Å²) in [7, 11) is 2.11. The van der Waals surface area contributed by atoms with Gasteiger partial charge in [0.2, 0.25) is 5.95 Å². The fourth-order valence-corrected chi connectivity index (χ4v) is 4.01. The van der Waals surface area contributed by atoms with E-state index in [0.29, 0.717) is 17.4 Å².